The number of ether oxygens (including phenoxy) is 1. The molecule has 0 radical (unpaired) electrons. The van der Waals surface area contributed by atoms with E-state index >= 15 is 0 Å². The number of carbonyl (C=O) groups excluding carboxylic acids is 3. The van der Waals surface area contributed by atoms with Gasteiger partial charge >= 0.3 is 5.97 Å². The van der Waals surface area contributed by atoms with E-state index in [4.69, 9.17) is 16.3 Å². The van der Waals surface area contributed by atoms with E-state index in [1.165, 1.54) is 0 Å². The van der Waals surface area contributed by atoms with Crippen LogP contribution >= 0.6 is 11.6 Å². The van der Waals surface area contributed by atoms with Crippen molar-refractivity contribution in [2.75, 3.05) is 11.9 Å². The van der Waals surface area contributed by atoms with E-state index in [1.54, 1.807) is 54.6 Å². The Bertz CT molecular complexity index is 1120. The van der Waals surface area contributed by atoms with Crippen molar-refractivity contribution in [1.29, 1.82) is 0 Å². The maximum Gasteiger partial charge on any atom is 0.338 e. The van der Waals surface area contributed by atoms with Crippen molar-refractivity contribution in [3.63, 3.8) is 0 Å². The average molecular weight is 425 g/mol. The molecule has 0 unspecified atom stereocenters. The van der Waals surface area contributed by atoms with Gasteiger partial charge < -0.3 is 10.1 Å². The predicted octanol–water partition coefficient (Wildman–Crippen LogP) is 4.91. The van der Waals surface area contributed by atoms with Crippen LogP contribution in [0.4, 0.5) is 5.69 Å². The molecule has 1 heterocycles. The molecule has 0 aliphatic carbocycles. The van der Waals surface area contributed by atoms with Crippen molar-refractivity contribution in [1.82, 2.24) is 4.98 Å². The normalized spacial score (nSPS) is 11.2. The number of aromatic nitrogens is 1. The van der Waals surface area contributed by atoms with Crippen LogP contribution in [0.15, 0.2) is 54.6 Å². The molecule has 0 spiro atoms. The molecule has 0 saturated carbocycles. The fraction of sp³-hybridized carbons (Fsp3) is 0.217. The molecule has 0 bridgehead atoms. The summed E-state index contributed by atoms with van der Waals surface area (Å²) < 4.78 is 5.15. The topological polar surface area (TPSA) is 85.4 Å². The van der Waals surface area contributed by atoms with Crippen LogP contribution in [-0.2, 0) is 9.53 Å². The highest BCUT2D eigenvalue weighted by atomic mass is 35.5. The fourth-order valence-electron chi connectivity index (χ4n) is 2.58. The number of carbonyl (C=O) groups is 3. The van der Waals surface area contributed by atoms with Gasteiger partial charge in [-0.2, -0.15) is 0 Å². The van der Waals surface area contributed by atoms with Crippen molar-refractivity contribution in [3.05, 3.63) is 70.9 Å². The van der Waals surface area contributed by atoms with Crippen molar-refractivity contribution in [2.24, 2.45) is 5.41 Å². The number of nitrogens with one attached hydrogen (secondary N) is 1. The maximum atomic E-state index is 12.3. The van der Waals surface area contributed by atoms with E-state index in [2.05, 4.69) is 10.3 Å². The summed E-state index contributed by atoms with van der Waals surface area (Å²) >= 11 is 5.86. The lowest BCUT2D eigenvalue weighted by molar-refractivity contribution is -0.123. The Balaban J connectivity index is 1.60. The van der Waals surface area contributed by atoms with Gasteiger partial charge in [-0.05, 0) is 54.6 Å². The van der Waals surface area contributed by atoms with Crippen LogP contribution in [0.25, 0.3) is 10.9 Å². The smallest absolute Gasteiger partial charge is 0.338 e. The van der Waals surface area contributed by atoms with Gasteiger partial charge in [-0.3, -0.25) is 9.59 Å². The van der Waals surface area contributed by atoms with Crippen LogP contribution in [0, 0.1) is 5.41 Å². The summed E-state index contributed by atoms with van der Waals surface area (Å²) in [6.07, 6.45) is 0. The number of rotatable bonds is 5. The lowest BCUT2D eigenvalue weighted by atomic mass is 9.95. The highest BCUT2D eigenvalue weighted by Gasteiger charge is 2.21. The quantitative estimate of drug-likeness (QED) is 0.357. The first-order valence-corrected chi connectivity index (χ1v) is 9.69. The number of esters is 1. The van der Waals surface area contributed by atoms with E-state index < -0.39 is 11.4 Å². The molecule has 3 rings (SSSR count). The third kappa shape index (κ3) is 5.21. The summed E-state index contributed by atoms with van der Waals surface area (Å²) in [6, 6.07) is 14.7. The Morgan fingerprint density at radius 3 is 2.30 bits per heavy atom. The summed E-state index contributed by atoms with van der Waals surface area (Å²) in [7, 11) is 0. The number of Topliss-reactive ketones (excluding diaryl/α,β-unsaturated/α-hetero) is 1. The van der Waals surface area contributed by atoms with Gasteiger partial charge in [0, 0.05) is 22.1 Å². The molecule has 2 aromatic carbocycles. The van der Waals surface area contributed by atoms with Gasteiger partial charge in [0.15, 0.2) is 12.4 Å². The second-order valence-corrected chi connectivity index (χ2v) is 8.21. The average Bonchev–Trinajstić information content (AvgIpc) is 2.71. The molecular weight excluding hydrogens is 404 g/mol. The summed E-state index contributed by atoms with van der Waals surface area (Å²) in [6.45, 7) is 5.06. The van der Waals surface area contributed by atoms with E-state index in [0.29, 0.717) is 27.5 Å². The summed E-state index contributed by atoms with van der Waals surface area (Å²) in [5.41, 5.74) is 1.43. The number of hydrogen-bond donors (Lipinski definition) is 1. The third-order valence-corrected chi connectivity index (χ3v) is 4.58. The number of nitrogens with zero attached hydrogens (tertiary/aromatic N) is 1. The molecule has 30 heavy (non-hydrogen) atoms. The molecule has 1 N–H and O–H groups in total. The van der Waals surface area contributed by atoms with Gasteiger partial charge in [0.25, 0.3) is 0 Å². The molecule has 1 amide bonds. The molecule has 154 valence electrons. The summed E-state index contributed by atoms with van der Waals surface area (Å²) in [4.78, 5) is 40.8. The number of benzene rings is 2. The fourth-order valence-corrected chi connectivity index (χ4v) is 2.74. The number of ketones is 1. The van der Waals surface area contributed by atoms with Gasteiger partial charge in [0.05, 0.1) is 11.1 Å². The number of amides is 1. The van der Waals surface area contributed by atoms with E-state index in [9.17, 15) is 14.4 Å². The monoisotopic (exact) mass is 424 g/mol. The second kappa shape index (κ2) is 8.63. The molecule has 7 heteroatoms. The number of halogens is 1. The zero-order chi connectivity index (χ0) is 21.9. The maximum absolute atomic E-state index is 12.3. The van der Waals surface area contributed by atoms with Crippen molar-refractivity contribution in [2.45, 2.75) is 20.8 Å². The Morgan fingerprint density at radius 1 is 0.967 bits per heavy atom. The number of anilines is 1. The first kappa shape index (κ1) is 21.5. The summed E-state index contributed by atoms with van der Waals surface area (Å²) in [5, 5.41) is 3.90. The van der Waals surface area contributed by atoms with E-state index in [0.717, 1.165) is 5.39 Å². The molecule has 0 aliphatic rings. The molecular formula is C23H21ClN2O4. The van der Waals surface area contributed by atoms with E-state index in [1.807, 2.05) is 20.8 Å². The standard InChI is InChI=1S/C23H21ClN2O4/c1-23(2,3)22(29)25-17-8-4-14(5-9-17)19(27)13-30-21(28)16-6-10-18-15(12-16)7-11-20(24)26-18/h4-12H,13H2,1-3H3,(H,25,29). The lowest BCUT2D eigenvalue weighted by Gasteiger charge is -2.17. The van der Waals surface area contributed by atoms with Gasteiger partial charge in [0.2, 0.25) is 5.91 Å². The molecule has 6 nitrogen and oxygen atoms in total. The van der Waals surface area contributed by atoms with Crippen LogP contribution in [0.5, 0.6) is 0 Å². The third-order valence-electron chi connectivity index (χ3n) is 4.37. The first-order valence-electron chi connectivity index (χ1n) is 9.32. The minimum absolute atomic E-state index is 0.122. The van der Waals surface area contributed by atoms with E-state index in [-0.39, 0.29) is 18.3 Å². The zero-order valence-electron chi connectivity index (χ0n) is 16.9. The van der Waals surface area contributed by atoms with Crippen LogP contribution in [0.1, 0.15) is 41.5 Å². The van der Waals surface area contributed by atoms with Crippen LogP contribution in [0.3, 0.4) is 0 Å². The first-order chi connectivity index (χ1) is 14.1. The summed E-state index contributed by atoms with van der Waals surface area (Å²) in [5.74, 6) is -1.07. The molecule has 1 aromatic heterocycles. The van der Waals surface area contributed by atoms with Crippen LogP contribution in [-0.4, -0.2) is 29.3 Å². The minimum Gasteiger partial charge on any atom is -0.454 e. The van der Waals surface area contributed by atoms with Gasteiger partial charge in [0.1, 0.15) is 5.15 Å². The van der Waals surface area contributed by atoms with Gasteiger partial charge in [-0.25, -0.2) is 9.78 Å². The van der Waals surface area contributed by atoms with Gasteiger partial charge in [-0.15, -0.1) is 0 Å². The lowest BCUT2D eigenvalue weighted by Crippen LogP contribution is -2.27. The van der Waals surface area contributed by atoms with Crippen LogP contribution in [0.2, 0.25) is 5.15 Å². The van der Waals surface area contributed by atoms with Crippen LogP contribution < -0.4 is 5.32 Å². The SMILES string of the molecule is CC(C)(C)C(=O)Nc1ccc(C(=O)COC(=O)c2ccc3nc(Cl)ccc3c2)cc1. The largest absolute Gasteiger partial charge is 0.454 e. The Hall–Kier alpha value is -3.25. The molecule has 0 fully saturated rings. The second-order valence-electron chi connectivity index (χ2n) is 7.82. The highest BCUT2D eigenvalue weighted by Crippen LogP contribution is 2.19. The highest BCUT2D eigenvalue weighted by molar-refractivity contribution is 6.29. The molecule has 0 aliphatic heterocycles. The Kier molecular flexibility index (Phi) is 6.17. The molecule has 3 aromatic rings. The Labute approximate surface area is 179 Å². The van der Waals surface area contributed by atoms with Crippen molar-refractivity contribution >= 4 is 45.9 Å². The molecule has 0 saturated heterocycles. The zero-order valence-corrected chi connectivity index (χ0v) is 17.6. The predicted molar refractivity (Wildman–Crippen MR) is 116 cm³/mol. The Morgan fingerprint density at radius 2 is 1.63 bits per heavy atom. The number of fused-ring (bicyclic) bond motifs is 1. The van der Waals surface area contributed by atoms with Gasteiger partial charge in [-0.1, -0.05) is 32.4 Å². The number of pyridine rings is 1. The van der Waals surface area contributed by atoms with Crippen molar-refractivity contribution < 1.29 is 19.1 Å². The van der Waals surface area contributed by atoms with Crippen molar-refractivity contribution in [3.8, 4) is 0 Å². The molecule has 0 atom stereocenters. The number of hydrogen-bond acceptors (Lipinski definition) is 5. The minimum atomic E-state index is -0.603.